The van der Waals surface area contributed by atoms with Crippen LogP contribution in [0, 0.1) is 0 Å². The number of nitrogen functional groups attached to an aromatic ring is 1. The first-order valence-electron chi connectivity index (χ1n) is 4.79. The lowest BCUT2D eigenvalue weighted by atomic mass is 10.4. The van der Waals surface area contributed by atoms with Crippen molar-refractivity contribution in [1.82, 2.24) is 14.5 Å². The van der Waals surface area contributed by atoms with Crippen LogP contribution >= 0.6 is 11.3 Å². The molecular weight excluding hydrogens is 260 g/mol. The summed E-state index contributed by atoms with van der Waals surface area (Å²) in [5, 5.41) is 5.67. The van der Waals surface area contributed by atoms with Gasteiger partial charge in [-0.25, -0.2) is 13.1 Å². The fourth-order valence-electron chi connectivity index (χ4n) is 1.27. The van der Waals surface area contributed by atoms with Gasteiger partial charge in [-0.3, -0.25) is 4.68 Å². The van der Waals surface area contributed by atoms with Crippen molar-refractivity contribution in [1.29, 1.82) is 0 Å². The van der Waals surface area contributed by atoms with Crippen LogP contribution in [0.25, 0.3) is 0 Å². The molecule has 2 rings (SSSR count). The maximum absolute atomic E-state index is 11.8. The molecule has 0 aliphatic rings. The van der Waals surface area contributed by atoms with Crippen molar-refractivity contribution in [2.45, 2.75) is 10.8 Å². The van der Waals surface area contributed by atoms with Gasteiger partial charge in [0.2, 0.25) is 10.0 Å². The Hall–Kier alpha value is -1.38. The monoisotopic (exact) mass is 272 g/mol. The van der Waals surface area contributed by atoms with E-state index >= 15 is 0 Å². The van der Waals surface area contributed by atoms with Crippen LogP contribution in [0.15, 0.2) is 27.9 Å². The molecule has 0 unspecified atom stereocenters. The number of aryl methyl sites for hydroxylation is 1. The third-order valence-electron chi connectivity index (χ3n) is 2.07. The number of nitrogens with two attached hydrogens (primary N) is 1. The van der Waals surface area contributed by atoms with Crippen molar-refractivity contribution in [3.63, 3.8) is 0 Å². The van der Waals surface area contributed by atoms with E-state index in [1.165, 1.54) is 6.07 Å². The third-order valence-corrected chi connectivity index (χ3v) is 4.93. The second-order valence-electron chi connectivity index (χ2n) is 3.50. The van der Waals surface area contributed by atoms with Gasteiger partial charge >= 0.3 is 0 Å². The second-order valence-corrected chi connectivity index (χ2v) is 6.41. The number of aromatic nitrogens is 2. The van der Waals surface area contributed by atoms with E-state index in [0.29, 0.717) is 11.4 Å². The van der Waals surface area contributed by atoms with Crippen molar-refractivity contribution in [3.05, 3.63) is 29.4 Å². The largest absolute Gasteiger partial charge is 0.398 e. The Labute approximate surface area is 103 Å². The summed E-state index contributed by atoms with van der Waals surface area (Å²) in [7, 11) is -1.71. The van der Waals surface area contributed by atoms with E-state index in [4.69, 9.17) is 5.73 Å². The lowest BCUT2D eigenvalue weighted by Gasteiger charge is -2.01. The van der Waals surface area contributed by atoms with Crippen molar-refractivity contribution >= 4 is 27.0 Å². The van der Waals surface area contributed by atoms with Gasteiger partial charge in [0, 0.05) is 24.3 Å². The molecule has 2 aromatic rings. The second kappa shape index (κ2) is 4.47. The Morgan fingerprint density at radius 2 is 2.35 bits per heavy atom. The zero-order valence-corrected chi connectivity index (χ0v) is 10.8. The zero-order valence-electron chi connectivity index (χ0n) is 9.12. The molecule has 3 N–H and O–H groups in total. The molecule has 0 amide bonds. The molecule has 17 heavy (non-hydrogen) atoms. The quantitative estimate of drug-likeness (QED) is 0.850. The van der Waals surface area contributed by atoms with E-state index in [0.717, 1.165) is 11.3 Å². The fourth-order valence-corrected chi connectivity index (χ4v) is 3.39. The standard InChI is InChI=1S/C9H12N4O2S2/c1-13-3-2-8(12-13)5-11-17(14,15)9-4-7(10)6-16-9/h2-4,6,11H,5,10H2,1H3. The lowest BCUT2D eigenvalue weighted by Crippen LogP contribution is -2.22. The van der Waals surface area contributed by atoms with Gasteiger partial charge < -0.3 is 5.73 Å². The smallest absolute Gasteiger partial charge is 0.250 e. The molecule has 0 fully saturated rings. The number of hydrogen-bond donors (Lipinski definition) is 2. The van der Waals surface area contributed by atoms with Crippen LogP contribution in [0.1, 0.15) is 5.69 Å². The topological polar surface area (TPSA) is 90.0 Å². The average molecular weight is 272 g/mol. The minimum absolute atomic E-state index is 0.168. The van der Waals surface area contributed by atoms with Crippen LogP contribution in [0.2, 0.25) is 0 Å². The van der Waals surface area contributed by atoms with Crippen LogP contribution in [0.3, 0.4) is 0 Å². The molecule has 0 saturated heterocycles. The Balaban J connectivity index is 2.08. The number of nitrogens with zero attached hydrogens (tertiary/aromatic N) is 2. The third kappa shape index (κ3) is 2.84. The SMILES string of the molecule is Cn1ccc(CNS(=O)(=O)c2cc(N)cs2)n1. The molecule has 0 bridgehead atoms. The number of sulfonamides is 1. The molecule has 8 heteroatoms. The van der Waals surface area contributed by atoms with Crippen LogP contribution < -0.4 is 10.5 Å². The number of hydrogen-bond acceptors (Lipinski definition) is 5. The molecule has 92 valence electrons. The van der Waals surface area contributed by atoms with Gasteiger partial charge in [-0.05, 0) is 12.1 Å². The van der Waals surface area contributed by atoms with Gasteiger partial charge in [-0.2, -0.15) is 5.10 Å². The van der Waals surface area contributed by atoms with Crippen LogP contribution in [0.5, 0.6) is 0 Å². The van der Waals surface area contributed by atoms with Crippen molar-refractivity contribution in [2.24, 2.45) is 7.05 Å². The van der Waals surface area contributed by atoms with Gasteiger partial charge in [0.15, 0.2) is 0 Å². The molecule has 0 aliphatic heterocycles. The predicted octanol–water partition coefficient (Wildman–Crippen LogP) is 0.542. The highest BCUT2D eigenvalue weighted by Gasteiger charge is 2.16. The molecule has 0 atom stereocenters. The lowest BCUT2D eigenvalue weighted by molar-refractivity contribution is 0.581. The number of anilines is 1. The predicted molar refractivity (Wildman–Crippen MR) is 66.0 cm³/mol. The fraction of sp³-hybridized carbons (Fsp3) is 0.222. The summed E-state index contributed by atoms with van der Waals surface area (Å²) in [5.74, 6) is 0. The Bertz CT molecular complexity index is 614. The van der Waals surface area contributed by atoms with E-state index in [2.05, 4.69) is 9.82 Å². The first-order chi connectivity index (χ1) is 7.97. The van der Waals surface area contributed by atoms with E-state index < -0.39 is 10.0 Å². The van der Waals surface area contributed by atoms with Crippen molar-refractivity contribution in [3.8, 4) is 0 Å². The summed E-state index contributed by atoms with van der Waals surface area (Å²) in [5.41, 5.74) is 6.61. The summed E-state index contributed by atoms with van der Waals surface area (Å²) < 4.78 is 28.0. The number of nitrogens with one attached hydrogen (secondary N) is 1. The highest BCUT2D eigenvalue weighted by Crippen LogP contribution is 2.21. The summed E-state index contributed by atoms with van der Waals surface area (Å²) in [4.78, 5) is 0. The normalized spacial score (nSPS) is 11.8. The van der Waals surface area contributed by atoms with Gasteiger partial charge in [0.05, 0.1) is 12.2 Å². The maximum atomic E-state index is 11.8. The first kappa shape index (κ1) is 12.1. The van der Waals surface area contributed by atoms with Gasteiger partial charge in [-0.15, -0.1) is 11.3 Å². The number of rotatable bonds is 4. The molecule has 0 spiro atoms. The molecular formula is C9H12N4O2S2. The zero-order chi connectivity index (χ0) is 12.5. The summed E-state index contributed by atoms with van der Waals surface area (Å²) in [6.07, 6.45) is 1.76. The van der Waals surface area contributed by atoms with E-state index in [1.54, 1.807) is 29.4 Å². The van der Waals surface area contributed by atoms with Crippen molar-refractivity contribution in [2.75, 3.05) is 5.73 Å². The molecule has 2 heterocycles. The van der Waals surface area contributed by atoms with Crippen LogP contribution in [0.4, 0.5) is 5.69 Å². The Morgan fingerprint density at radius 3 is 2.88 bits per heavy atom. The minimum atomic E-state index is -3.49. The van der Waals surface area contributed by atoms with Gasteiger partial charge in [0.1, 0.15) is 4.21 Å². The molecule has 0 aliphatic carbocycles. The molecule has 2 aromatic heterocycles. The van der Waals surface area contributed by atoms with Crippen molar-refractivity contribution < 1.29 is 8.42 Å². The van der Waals surface area contributed by atoms with E-state index in [-0.39, 0.29) is 10.8 Å². The average Bonchev–Trinajstić information content (AvgIpc) is 2.85. The molecule has 0 saturated carbocycles. The molecule has 0 radical (unpaired) electrons. The summed E-state index contributed by atoms with van der Waals surface area (Å²) in [6.45, 7) is 0.168. The van der Waals surface area contributed by atoms with E-state index in [1.807, 2.05) is 0 Å². The number of thiophene rings is 1. The highest BCUT2D eigenvalue weighted by atomic mass is 32.2. The molecule has 6 nitrogen and oxygen atoms in total. The van der Waals surface area contributed by atoms with Crippen LogP contribution in [-0.4, -0.2) is 18.2 Å². The maximum Gasteiger partial charge on any atom is 0.250 e. The Morgan fingerprint density at radius 1 is 1.59 bits per heavy atom. The first-order valence-corrected chi connectivity index (χ1v) is 7.16. The summed E-state index contributed by atoms with van der Waals surface area (Å²) >= 11 is 1.10. The minimum Gasteiger partial charge on any atom is -0.398 e. The van der Waals surface area contributed by atoms with Gasteiger partial charge in [-0.1, -0.05) is 0 Å². The molecule has 0 aromatic carbocycles. The van der Waals surface area contributed by atoms with E-state index in [9.17, 15) is 8.42 Å². The van der Waals surface area contributed by atoms with Gasteiger partial charge in [0.25, 0.3) is 0 Å². The Kier molecular flexibility index (Phi) is 3.18. The highest BCUT2D eigenvalue weighted by molar-refractivity contribution is 7.91. The summed E-state index contributed by atoms with van der Waals surface area (Å²) in [6, 6.07) is 3.19. The van der Waals surface area contributed by atoms with Crippen LogP contribution in [-0.2, 0) is 23.6 Å².